The van der Waals surface area contributed by atoms with E-state index in [1.807, 2.05) is 32.0 Å². The van der Waals surface area contributed by atoms with Gasteiger partial charge in [-0.1, -0.05) is 39.0 Å². The molecule has 2 rings (SSSR count). The molecule has 1 heterocycles. The maximum Gasteiger partial charge on any atom is 0.330 e. The monoisotopic (exact) mass is 365 g/mol. The van der Waals surface area contributed by atoms with Crippen molar-refractivity contribution in [2.45, 2.75) is 52.1 Å². The minimum atomic E-state index is -0.566. The van der Waals surface area contributed by atoms with Crippen molar-refractivity contribution in [3.63, 3.8) is 0 Å². The number of carbonyl (C=O) groups excluding carboxylic acids is 2. The zero-order valence-corrected chi connectivity index (χ0v) is 16.3. The van der Waals surface area contributed by atoms with Gasteiger partial charge in [-0.25, -0.2) is 4.79 Å². The van der Waals surface area contributed by atoms with Crippen LogP contribution in [0.25, 0.3) is 0 Å². The van der Waals surface area contributed by atoms with Crippen molar-refractivity contribution in [3.8, 4) is 5.75 Å². The quantitative estimate of drug-likeness (QED) is 0.749. The predicted octanol–water partition coefficient (Wildman–Crippen LogP) is 3.33. The summed E-state index contributed by atoms with van der Waals surface area (Å²) >= 11 is 1.62. The summed E-state index contributed by atoms with van der Waals surface area (Å²) in [7, 11) is 0. The Morgan fingerprint density at radius 2 is 1.88 bits per heavy atom. The molecule has 1 aromatic carbocycles. The van der Waals surface area contributed by atoms with Crippen molar-refractivity contribution in [1.29, 1.82) is 0 Å². The van der Waals surface area contributed by atoms with E-state index in [0.29, 0.717) is 11.5 Å². The SMILES string of the molecule is CC(C)OC(=O)C1CSC(C(C)(C)C)N1C(=O)COc1ccccc1. The largest absolute Gasteiger partial charge is 0.484 e. The summed E-state index contributed by atoms with van der Waals surface area (Å²) in [5.41, 5.74) is -0.153. The van der Waals surface area contributed by atoms with Gasteiger partial charge in [0.2, 0.25) is 0 Å². The lowest BCUT2D eigenvalue weighted by molar-refractivity contribution is -0.158. The van der Waals surface area contributed by atoms with Crippen molar-refractivity contribution in [2.24, 2.45) is 5.41 Å². The summed E-state index contributed by atoms with van der Waals surface area (Å²) < 4.78 is 10.9. The first-order valence-electron chi connectivity index (χ1n) is 8.51. The van der Waals surface area contributed by atoms with Gasteiger partial charge in [0.15, 0.2) is 6.61 Å². The average molecular weight is 365 g/mol. The number of hydrogen-bond acceptors (Lipinski definition) is 5. The molecular formula is C19H27NO4S. The number of nitrogens with zero attached hydrogens (tertiary/aromatic N) is 1. The molecule has 1 aliphatic rings. The van der Waals surface area contributed by atoms with Gasteiger partial charge in [0, 0.05) is 5.75 Å². The number of esters is 1. The number of carbonyl (C=O) groups is 2. The van der Waals surface area contributed by atoms with Gasteiger partial charge >= 0.3 is 5.97 Å². The van der Waals surface area contributed by atoms with E-state index >= 15 is 0 Å². The molecule has 0 aromatic heterocycles. The lowest BCUT2D eigenvalue weighted by Crippen LogP contribution is -2.51. The van der Waals surface area contributed by atoms with Crippen LogP contribution in [0, 0.1) is 5.41 Å². The standard InChI is InChI=1S/C19H27NO4S/c1-13(2)24-17(22)15-12-25-18(19(3,4)5)20(15)16(21)11-23-14-9-7-6-8-10-14/h6-10,13,15,18H,11-12H2,1-5H3. The van der Waals surface area contributed by atoms with E-state index in [1.165, 1.54) is 0 Å². The summed E-state index contributed by atoms with van der Waals surface area (Å²) in [5.74, 6) is 0.642. The molecule has 5 nitrogen and oxygen atoms in total. The van der Waals surface area contributed by atoms with Crippen LogP contribution in [0.1, 0.15) is 34.6 Å². The number of thioether (sulfide) groups is 1. The number of benzene rings is 1. The maximum atomic E-state index is 12.9. The van der Waals surface area contributed by atoms with Crippen LogP contribution in [0.2, 0.25) is 0 Å². The third kappa shape index (κ3) is 5.14. The van der Waals surface area contributed by atoms with E-state index < -0.39 is 6.04 Å². The molecule has 0 radical (unpaired) electrons. The first-order chi connectivity index (χ1) is 11.7. The van der Waals surface area contributed by atoms with E-state index in [4.69, 9.17) is 9.47 Å². The van der Waals surface area contributed by atoms with Gasteiger partial charge in [-0.3, -0.25) is 4.79 Å². The molecule has 0 spiro atoms. The fourth-order valence-electron chi connectivity index (χ4n) is 2.71. The molecule has 138 valence electrons. The second kappa shape index (κ2) is 8.13. The topological polar surface area (TPSA) is 55.8 Å². The van der Waals surface area contributed by atoms with Crippen LogP contribution in [0.4, 0.5) is 0 Å². The van der Waals surface area contributed by atoms with Crippen molar-refractivity contribution in [1.82, 2.24) is 4.90 Å². The van der Waals surface area contributed by atoms with Gasteiger partial charge in [0.25, 0.3) is 5.91 Å². The third-order valence-corrected chi connectivity index (χ3v) is 5.52. The molecule has 1 amide bonds. The second-order valence-electron chi connectivity index (χ2n) is 7.46. The summed E-state index contributed by atoms with van der Waals surface area (Å²) in [6.45, 7) is 9.73. The minimum absolute atomic E-state index is 0.0934. The van der Waals surface area contributed by atoms with Crippen LogP contribution >= 0.6 is 11.8 Å². The molecule has 0 aliphatic carbocycles. The zero-order chi connectivity index (χ0) is 18.6. The van der Waals surface area contributed by atoms with Gasteiger partial charge < -0.3 is 14.4 Å². The molecule has 2 atom stereocenters. The first kappa shape index (κ1) is 19.6. The fourth-order valence-corrected chi connectivity index (χ4v) is 4.29. The van der Waals surface area contributed by atoms with Crippen LogP contribution in [-0.2, 0) is 14.3 Å². The molecule has 1 saturated heterocycles. The molecule has 0 saturated carbocycles. The van der Waals surface area contributed by atoms with E-state index in [0.717, 1.165) is 0 Å². The molecular weight excluding hydrogens is 338 g/mol. The van der Waals surface area contributed by atoms with E-state index in [2.05, 4.69) is 20.8 Å². The smallest absolute Gasteiger partial charge is 0.330 e. The van der Waals surface area contributed by atoms with Crippen molar-refractivity contribution in [3.05, 3.63) is 30.3 Å². The van der Waals surface area contributed by atoms with Crippen molar-refractivity contribution < 1.29 is 19.1 Å². The number of ether oxygens (including phenoxy) is 2. The number of rotatable bonds is 5. The van der Waals surface area contributed by atoms with Crippen molar-refractivity contribution in [2.75, 3.05) is 12.4 Å². The van der Waals surface area contributed by atoms with E-state index in [9.17, 15) is 9.59 Å². The van der Waals surface area contributed by atoms with Crippen LogP contribution < -0.4 is 4.74 Å². The number of amides is 1. The molecule has 0 bridgehead atoms. The first-order valence-corrected chi connectivity index (χ1v) is 9.56. The zero-order valence-electron chi connectivity index (χ0n) is 15.5. The Morgan fingerprint density at radius 3 is 2.44 bits per heavy atom. The lowest BCUT2D eigenvalue weighted by atomic mass is 9.94. The lowest BCUT2D eigenvalue weighted by Gasteiger charge is -2.36. The van der Waals surface area contributed by atoms with Gasteiger partial charge in [0.1, 0.15) is 11.8 Å². The highest BCUT2D eigenvalue weighted by Gasteiger charge is 2.47. The summed E-state index contributed by atoms with van der Waals surface area (Å²) in [6.07, 6.45) is -0.205. The maximum absolute atomic E-state index is 12.9. The van der Waals surface area contributed by atoms with Crippen LogP contribution in [0.5, 0.6) is 5.75 Å². The fraction of sp³-hybridized carbons (Fsp3) is 0.579. The Kier molecular flexibility index (Phi) is 6.38. The van der Waals surface area contributed by atoms with Crippen LogP contribution in [0.15, 0.2) is 30.3 Å². The van der Waals surface area contributed by atoms with Crippen molar-refractivity contribution >= 4 is 23.6 Å². The highest BCUT2D eigenvalue weighted by Crippen LogP contribution is 2.40. The highest BCUT2D eigenvalue weighted by atomic mass is 32.2. The summed E-state index contributed by atoms with van der Waals surface area (Å²) in [5, 5.41) is -0.0934. The minimum Gasteiger partial charge on any atom is -0.484 e. The molecule has 2 unspecified atom stereocenters. The van der Waals surface area contributed by atoms with Crippen LogP contribution in [0.3, 0.4) is 0 Å². The van der Waals surface area contributed by atoms with Crippen LogP contribution in [-0.4, -0.2) is 46.7 Å². The number of hydrogen-bond donors (Lipinski definition) is 0. The normalized spacial score (nSPS) is 20.6. The molecule has 6 heteroatoms. The van der Waals surface area contributed by atoms with E-state index in [-0.39, 0.29) is 35.4 Å². The Bertz CT molecular complexity index is 597. The summed E-state index contributed by atoms with van der Waals surface area (Å²) in [4.78, 5) is 27.0. The third-order valence-electron chi connectivity index (χ3n) is 3.76. The van der Waals surface area contributed by atoms with Gasteiger partial charge in [-0.05, 0) is 31.4 Å². The predicted molar refractivity (Wildman–Crippen MR) is 99.5 cm³/mol. The Morgan fingerprint density at radius 1 is 1.24 bits per heavy atom. The molecule has 1 aliphatic heterocycles. The van der Waals surface area contributed by atoms with Gasteiger partial charge in [0.05, 0.1) is 11.5 Å². The highest BCUT2D eigenvalue weighted by molar-refractivity contribution is 8.00. The van der Waals surface area contributed by atoms with Gasteiger partial charge in [-0.2, -0.15) is 0 Å². The van der Waals surface area contributed by atoms with E-state index in [1.54, 1.807) is 28.8 Å². The summed E-state index contributed by atoms with van der Waals surface area (Å²) in [6, 6.07) is 8.64. The Balaban J connectivity index is 2.13. The molecule has 25 heavy (non-hydrogen) atoms. The van der Waals surface area contributed by atoms with Gasteiger partial charge in [-0.15, -0.1) is 11.8 Å². The second-order valence-corrected chi connectivity index (χ2v) is 8.57. The Labute approximate surface area is 154 Å². The molecule has 1 fully saturated rings. The molecule has 0 N–H and O–H groups in total. The Hall–Kier alpha value is -1.69. The molecule has 1 aromatic rings. The number of para-hydroxylation sites is 1. The average Bonchev–Trinajstić information content (AvgIpc) is 2.98.